The molecule has 3 fully saturated rings. The lowest BCUT2D eigenvalue weighted by Gasteiger charge is -2.28. The molecule has 3 aliphatic rings. The van der Waals surface area contributed by atoms with Crippen molar-refractivity contribution in [2.45, 2.75) is 50.0 Å². The van der Waals surface area contributed by atoms with Gasteiger partial charge in [0, 0.05) is 84.0 Å². The summed E-state index contributed by atoms with van der Waals surface area (Å²) in [4.78, 5) is 23.7. The average molecular weight is 618 g/mol. The molecule has 2 saturated carbocycles. The summed E-state index contributed by atoms with van der Waals surface area (Å²) in [6.45, 7) is 1.72. The lowest BCUT2D eigenvalue weighted by molar-refractivity contribution is -0.129. The first-order valence-electron chi connectivity index (χ1n) is 13.5. The molecule has 1 aliphatic heterocycles. The van der Waals surface area contributed by atoms with Crippen LogP contribution in [0.15, 0.2) is 48.9 Å². The van der Waals surface area contributed by atoms with Crippen molar-refractivity contribution in [3.63, 3.8) is 0 Å². The van der Waals surface area contributed by atoms with Gasteiger partial charge in [-0.15, -0.1) is 11.3 Å². The Balaban J connectivity index is 0.000000182. The quantitative estimate of drug-likeness (QED) is 0.373. The van der Waals surface area contributed by atoms with E-state index in [4.69, 9.17) is 16.9 Å². The second-order valence-corrected chi connectivity index (χ2v) is 13.8. The molecule has 2 aliphatic carbocycles. The van der Waals surface area contributed by atoms with E-state index in [1.54, 1.807) is 23.7 Å². The van der Waals surface area contributed by atoms with Crippen LogP contribution in [0, 0.1) is 17.2 Å². The highest BCUT2D eigenvalue weighted by molar-refractivity contribution is 7.85. The van der Waals surface area contributed by atoms with E-state index in [-0.39, 0.29) is 37.5 Å². The van der Waals surface area contributed by atoms with Gasteiger partial charge in [-0.3, -0.25) is 14.0 Å². The number of rotatable bonds is 5. The molecule has 216 valence electrons. The van der Waals surface area contributed by atoms with E-state index in [9.17, 15) is 17.8 Å². The van der Waals surface area contributed by atoms with Crippen molar-refractivity contribution in [2.75, 3.05) is 29.5 Å². The number of halogens is 3. The normalized spacial score (nSPS) is 19.9. The summed E-state index contributed by atoms with van der Waals surface area (Å²) in [6.07, 6.45) is 6.65. The number of thiazole rings is 1. The molecule has 0 spiro atoms. The molecule has 12 heteroatoms. The van der Waals surface area contributed by atoms with Gasteiger partial charge in [0.1, 0.15) is 10.5 Å². The van der Waals surface area contributed by atoms with Gasteiger partial charge in [-0.1, -0.05) is 23.7 Å². The Morgan fingerprint density at radius 1 is 1.07 bits per heavy atom. The van der Waals surface area contributed by atoms with Crippen LogP contribution in [-0.2, 0) is 15.6 Å². The molecule has 0 radical (unpaired) electrons. The van der Waals surface area contributed by atoms with Crippen LogP contribution in [-0.4, -0.2) is 56.1 Å². The molecule has 3 aromatic rings. The maximum absolute atomic E-state index is 12.9. The van der Waals surface area contributed by atoms with Crippen LogP contribution in [0.3, 0.4) is 0 Å². The number of pyridine rings is 1. The SMILES string of the molecule is N#CC1(NC(=O)C2CCC(F)(F)CC2)CC1.O=S1CCN(c2ccc(-c3cnc(-c4cncc(Cl)c4)s3)cc2)CC1. The molecule has 1 N–H and O–H groups in total. The summed E-state index contributed by atoms with van der Waals surface area (Å²) >= 11 is 7.64. The zero-order valence-electron chi connectivity index (χ0n) is 22.3. The average Bonchev–Trinajstić information content (AvgIpc) is 3.56. The minimum Gasteiger partial charge on any atom is -0.370 e. The number of nitriles is 1. The predicted octanol–water partition coefficient (Wildman–Crippen LogP) is 6.08. The zero-order chi connectivity index (χ0) is 29.0. The maximum atomic E-state index is 12.9. The minimum absolute atomic E-state index is 0.218. The highest BCUT2D eigenvalue weighted by atomic mass is 35.5. The van der Waals surface area contributed by atoms with E-state index in [0.717, 1.165) is 45.6 Å². The minimum atomic E-state index is -2.61. The van der Waals surface area contributed by atoms with Gasteiger partial charge in [0.05, 0.1) is 16.0 Å². The number of alkyl halides is 2. The van der Waals surface area contributed by atoms with Crippen molar-refractivity contribution in [3.05, 3.63) is 53.9 Å². The Kier molecular flexibility index (Phi) is 9.02. The molecule has 0 unspecified atom stereocenters. The third-order valence-electron chi connectivity index (χ3n) is 7.57. The molecule has 1 aromatic carbocycles. The number of aromatic nitrogens is 2. The smallest absolute Gasteiger partial charge is 0.248 e. The second kappa shape index (κ2) is 12.5. The van der Waals surface area contributed by atoms with Gasteiger partial charge in [-0.25, -0.2) is 13.8 Å². The molecule has 41 heavy (non-hydrogen) atoms. The molecule has 6 rings (SSSR count). The summed E-state index contributed by atoms with van der Waals surface area (Å²) < 4.78 is 37.2. The molecular weight excluding hydrogens is 588 g/mol. The molecule has 1 saturated heterocycles. The van der Waals surface area contributed by atoms with Crippen molar-refractivity contribution in [1.82, 2.24) is 15.3 Å². The van der Waals surface area contributed by atoms with Crippen LogP contribution in [0.5, 0.6) is 0 Å². The fourth-order valence-electron chi connectivity index (χ4n) is 4.83. The second-order valence-electron chi connectivity index (χ2n) is 10.6. The number of carbonyl (C=O) groups is 1. The van der Waals surface area contributed by atoms with E-state index in [1.165, 1.54) is 5.69 Å². The van der Waals surface area contributed by atoms with E-state index in [0.29, 0.717) is 17.9 Å². The van der Waals surface area contributed by atoms with Crippen molar-refractivity contribution >= 4 is 45.3 Å². The number of nitrogens with one attached hydrogen (secondary N) is 1. The van der Waals surface area contributed by atoms with Gasteiger partial charge in [-0.2, -0.15) is 5.26 Å². The van der Waals surface area contributed by atoms with Crippen LogP contribution in [0.2, 0.25) is 5.02 Å². The van der Waals surface area contributed by atoms with Crippen LogP contribution < -0.4 is 10.2 Å². The third kappa shape index (κ3) is 7.67. The van der Waals surface area contributed by atoms with Gasteiger partial charge >= 0.3 is 0 Å². The first-order chi connectivity index (χ1) is 19.7. The molecule has 0 bridgehead atoms. The number of hydrogen-bond acceptors (Lipinski definition) is 7. The first kappa shape index (κ1) is 29.5. The standard InChI is InChI=1S/C18H16ClN3OS2.C11H14F2N2O/c19-15-9-14(10-20-11-15)18-21-12-17(24-18)13-1-3-16(4-2-13)22-5-7-25(23)8-6-22;12-11(13)3-1-8(2-4-11)9(16)15-10(7-14)5-6-10/h1-4,9-12H,5-8H2;8H,1-6H2,(H,15,16). The number of anilines is 1. The van der Waals surface area contributed by atoms with Crippen LogP contribution >= 0.6 is 22.9 Å². The predicted molar refractivity (Wildman–Crippen MR) is 159 cm³/mol. The molecular formula is C29H30ClF2N5O2S2. The van der Waals surface area contributed by atoms with Crippen LogP contribution in [0.4, 0.5) is 14.5 Å². The zero-order valence-corrected chi connectivity index (χ0v) is 24.7. The fourth-order valence-corrected chi connectivity index (χ4v) is 6.96. The monoisotopic (exact) mass is 617 g/mol. The first-order valence-corrected chi connectivity index (χ1v) is 16.2. The van der Waals surface area contributed by atoms with Crippen molar-refractivity contribution < 1.29 is 17.8 Å². The Labute approximate surface area is 249 Å². The molecule has 1 amide bonds. The Hall–Kier alpha value is -2.94. The van der Waals surface area contributed by atoms with Gasteiger partial charge in [0.15, 0.2) is 0 Å². The molecule has 0 atom stereocenters. The summed E-state index contributed by atoms with van der Waals surface area (Å²) in [5.74, 6) is -1.66. The summed E-state index contributed by atoms with van der Waals surface area (Å²) in [6, 6.07) is 12.4. The number of amides is 1. The number of nitrogens with zero attached hydrogens (tertiary/aromatic N) is 4. The number of benzene rings is 1. The highest BCUT2D eigenvalue weighted by Crippen LogP contribution is 2.39. The lowest BCUT2D eigenvalue weighted by atomic mass is 9.86. The van der Waals surface area contributed by atoms with E-state index in [1.807, 2.05) is 12.3 Å². The number of hydrogen-bond donors (Lipinski definition) is 1. The largest absolute Gasteiger partial charge is 0.370 e. The maximum Gasteiger partial charge on any atom is 0.248 e. The molecule has 3 heterocycles. The van der Waals surface area contributed by atoms with E-state index >= 15 is 0 Å². The Bertz CT molecular complexity index is 1440. The van der Waals surface area contributed by atoms with E-state index in [2.05, 4.69) is 50.5 Å². The number of carbonyl (C=O) groups excluding carboxylic acids is 1. The van der Waals surface area contributed by atoms with Gasteiger partial charge in [0.2, 0.25) is 11.8 Å². The van der Waals surface area contributed by atoms with Crippen LogP contribution in [0.1, 0.15) is 38.5 Å². The van der Waals surface area contributed by atoms with Crippen molar-refractivity contribution in [3.8, 4) is 27.1 Å². The molecule has 7 nitrogen and oxygen atoms in total. The Morgan fingerprint density at radius 2 is 1.76 bits per heavy atom. The van der Waals surface area contributed by atoms with Crippen molar-refractivity contribution in [2.24, 2.45) is 5.92 Å². The molecule has 2 aromatic heterocycles. The van der Waals surface area contributed by atoms with Crippen molar-refractivity contribution in [1.29, 1.82) is 5.26 Å². The summed E-state index contributed by atoms with van der Waals surface area (Å²) in [5.41, 5.74) is 2.57. The van der Waals surface area contributed by atoms with Gasteiger partial charge < -0.3 is 10.2 Å². The Morgan fingerprint density at radius 3 is 2.37 bits per heavy atom. The van der Waals surface area contributed by atoms with Crippen LogP contribution in [0.25, 0.3) is 21.0 Å². The van der Waals surface area contributed by atoms with Gasteiger partial charge in [-0.05, 0) is 49.4 Å². The van der Waals surface area contributed by atoms with E-state index < -0.39 is 22.3 Å². The third-order valence-corrected chi connectivity index (χ3v) is 10.1. The summed E-state index contributed by atoms with van der Waals surface area (Å²) in [5, 5.41) is 13.0. The summed E-state index contributed by atoms with van der Waals surface area (Å²) in [7, 11) is -0.649. The topological polar surface area (TPSA) is 99.0 Å². The van der Waals surface area contributed by atoms with Gasteiger partial charge in [0.25, 0.3) is 0 Å². The highest BCUT2D eigenvalue weighted by Gasteiger charge is 2.46. The lowest BCUT2D eigenvalue weighted by Crippen LogP contribution is -2.42. The fraction of sp³-hybridized carbons (Fsp3) is 0.448.